The Morgan fingerprint density at radius 3 is 1.18 bits per heavy atom. The van der Waals surface area contributed by atoms with E-state index in [1.165, 1.54) is 6.92 Å². The molecule has 0 aromatic rings. The molecule has 0 spiro atoms. The van der Waals surface area contributed by atoms with Crippen molar-refractivity contribution in [1.29, 1.82) is 0 Å². The topological polar surface area (TPSA) is 0 Å². The third-order valence-electron chi connectivity index (χ3n) is 0.533. The number of alkyl halides is 3. The summed E-state index contributed by atoms with van der Waals surface area (Å²) in [4.78, 5) is 0. The molecule has 0 aromatic carbocycles. The molecule has 0 rings (SSSR count). The second kappa shape index (κ2) is 12.5. The van der Waals surface area contributed by atoms with Crippen LogP contribution in [0.3, 0.4) is 0 Å². The van der Waals surface area contributed by atoms with Gasteiger partial charge in [-0.2, -0.15) is 13.2 Å². The highest BCUT2D eigenvalue weighted by Gasteiger charge is 2.24. The van der Waals surface area contributed by atoms with Gasteiger partial charge in [0.1, 0.15) is 0 Å². The van der Waals surface area contributed by atoms with Gasteiger partial charge in [-0.05, 0) is 6.42 Å². The standard InChI is InChI=1S/C4H7F3.4CH4/c1-2-3-4(5,6)7;;;;/h2-3H2,1H3;4*1H4. The van der Waals surface area contributed by atoms with E-state index in [1.54, 1.807) is 0 Å². The molecular formula is C8H23F3. The van der Waals surface area contributed by atoms with Crippen LogP contribution in [0.25, 0.3) is 0 Å². The van der Waals surface area contributed by atoms with Gasteiger partial charge in [-0.15, -0.1) is 0 Å². The van der Waals surface area contributed by atoms with Crippen molar-refractivity contribution in [2.75, 3.05) is 0 Å². The molecule has 0 N–H and O–H groups in total. The minimum atomic E-state index is -3.95. The molecule has 3 heteroatoms. The molecule has 0 bridgehead atoms. The third-order valence-corrected chi connectivity index (χ3v) is 0.533. The first-order chi connectivity index (χ1) is 3.06. The monoisotopic (exact) mass is 176 g/mol. The van der Waals surface area contributed by atoms with Gasteiger partial charge in [0, 0.05) is 6.42 Å². The van der Waals surface area contributed by atoms with Gasteiger partial charge < -0.3 is 0 Å². The quantitative estimate of drug-likeness (QED) is 0.533. The molecule has 0 aromatic heterocycles. The first kappa shape index (κ1) is 30.8. The minimum Gasteiger partial charge on any atom is -0.171 e. The van der Waals surface area contributed by atoms with Crippen molar-refractivity contribution in [1.82, 2.24) is 0 Å². The van der Waals surface area contributed by atoms with Gasteiger partial charge >= 0.3 is 6.18 Å². The molecule has 76 valence electrons. The van der Waals surface area contributed by atoms with Gasteiger partial charge in [-0.3, -0.25) is 0 Å². The van der Waals surface area contributed by atoms with Gasteiger partial charge in [-0.1, -0.05) is 36.6 Å². The van der Waals surface area contributed by atoms with Gasteiger partial charge in [0.05, 0.1) is 0 Å². The summed E-state index contributed by atoms with van der Waals surface area (Å²) in [6, 6.07) is 0. The van der Waals surface area contributed by atoms with Crippen molar-refractivity contribution < 1.29 is 13.2 Å². The molecule has 0 unspecified atom stereocenters. The highest BCUT2D eigenvalue weighted by Crippen LogP contribution is 2.20. The molecular weight excluding hydrogens is 153 g/mol. The molecule has 0 saturated heterocycles. The van der Waals surface area contributed by atoms with E-state index in [9.17, 15) is 13.2 Å². The first-order valence-corrected chi connectivity index (χ1v) is 2.13. The van der Waals surface area contributed by atoms with Crippen molar-refractivity contribution in [2.24, 2.45) is 0 Å². The van der Waals surface area contributed by atoms with Crippen molar-refractivity contribution in [3.63, 3.8) is 0 Å². The van der Waals surface area contributed by atoms with Crippen LogP contribution in [0.1, 0.15) is 49.5 Å². The average Bonchev–Trinajstić information content (AvgIpc) is 1.30. The summed E-state index contributed by atoms with van der Waals surface area (Å²) in [7, 11) is 0. The van der Waals surface area contributed by atoms with Crippen LogP contribution in [0.15, 0.2) is 0 Å². The van der Waals surface area contributed by atoms with E-state index >= 15 is 0 Å². The smallest absolute Gasteiger partial charge is 0.171 e. The van der Waals surface area contributed by atoms with E-state index < -0.39 is 12.6 Å². The van der Waals surface area contributed by atoms with E-state index in [2.05, 4.69) is 0 Å². The Kier molecular flexibility index (Phi) is 35.0. The summed E-state index contributed by atoms with van der Waals surface area (Å²) in [5.41, 5.74) is 0. The predicted molar refractivity (Wildman–Crippen MR) is 47.9 cm³/mol. The van der Waals surface area contributed by atoms with Crippen LogP contribution < -0.4 is 0 Å². The van der Waals surface area contributed by atoms with Gasteiger partial charge in [0.25, 0.3) is 0 Å². The Labute approximate surface area is 69.8 Å². The SMILES string of the molecule is C.C.C.C.CCCC(F)(F)F. The molecule has 11 heavy (non-hydrogen) atoms. The molecule has 0 saturated carbocycles. The average molecular weight is 176 g/mol. The molecule has 0 aliphatic heterocycles. The highest BCUT2D eigenvalue weighted by atomic mass is 19.4. The molecule has 0 aliphatic carbocycles. The van der Waals surface area contributed by atoms with Crippen LogP contribution in [-0.2, 0) is 0 Å². The Morgan fingerprint density at radius 2 is 1.18 bits per heavy atom. The Bertz CT molecular complexity index is 47.8. The fraction of sp³-hybridized carbons (Fsp3) is 1.00. The predicted octanol–water partition coefficient (Wildman–Crippen LogP) is 4.89. The molecule has 0 nitrogen and oxygen atoms in total. The zero-order valence-electron chi connectivity index (χ0n) is 4.05. The number of rotatable bonds is 1. The summed E-state index contributed by atoms with van der Waals surface area (Å²) in [6.45, 7) is 1.51. The van der Waals surface area contributed by atoms with Gasteiger partial charge in [0.2, 0.25) is 0 Å². The van der Waals surface area contributed by atoms with E-state index in [0.717, 1.165) is 0 Å². The van der Waals surface area contributed by atoms with Gasteiger partial charge in [0.15, 0.2) is 0 Å². The minimum absolute atomic E-state index is 0. The van der Waals surface area contributed by atoms with Crippen LogP contribution in [0.5, 0.6) is 0 Å². The summed E-state index contributed by atoms with van der Waals surface area (Å²) < 4.78 is 33.2. The summed E-state index contributed by atoms with van der Waals surface area (Å²) in [5, 5.41) is 0. The zero-order valence-corrected chi connectivity index (χ0v) is 4.05. The largest absolute Gasteiger partial charge is 0.389 e. The lowest BCUT2D eigenvalue weighted by Crippen LogP contribution is -2.04. The lowest BCUT2D eigenvalue weighted by Gasteiger charge is -2.00. The first-order valence-electron chi connectivity index (χ1n) is 2.13. The van der Waals surface area contributed by atoms with Crippen LogP contribution in [0.4, 0.5) is 13.2 Å². The van der Waals surface area contributed by atoms with Crippen LogP contribution in [0.2, 0.25) is 0 Å². The molecule has 0 atom stereocenters. The lowest BCUT2D eigenvalue weighted by atomic mass is 10.3. The van der Waals surface area contributed by atoms with Crippen LogP contribution >= 0.6 is 0 Å². The molecule has 0 fully saturated rings. The normalized spacial score (nSPS) is 7.64. The van der Waals surface area contributed by atoms with Crippen molar-refractivity contribution in [3.05, 3.63) is 0 Å². The highest BCUT2D eigenvalue weighted by molar-refractivity contribution is 4.44. The summed E-state index contributed by atoms with van der Waals surface area (Å²) in [6.07, 6.45) is -4.43. The van der Waals surface area contributed by atoms with E-state index in [-0.39, 0.29) is 36.1 Å². The maximum atomic E-state index is 11.1. The van der Waals surface area contributed by atoms with Crippen molar-refractivity contribution in [2.45, 2.75) is 55.6 Å². The number of hydrogen-bond acceptors (Lipinski definition) is 0. The fourth-order valence-electron chi connectivity index (χ4n) is 0.283. The summed E-state index contributed by atoms with van der Waals surface area (Å²) >= 11 is 0. The van der Waals surface area contributed by atoms with E-state index in [4.69, 9.17) is 0 Å². The maximum absolute atomic E-state index is 11.1. The van der Waals surface area contributed by atoms with Gasteiger partial charge in [-0.25, -0.2) is 0 Å². The molecule has 0 amide bonds. The molecule has 0 aliphatic rings. The van der Waals surface area contributed by atoms with Crippen molar-refractivity contribution in [3.8, 4) is 0 Å². The second-order valence-electron chi connectivity index (χ2n) is 1.37. The fourth-order valence-corrected chi connectivity index (χ4v) is 0.283. The van der Waals surface area contributed by atoms with Crippen LogP contribution in [0, 0.1) is 0 Å². The number of hydrogen-bond donors (Lipinski definition) is 0. The second-order valence-corrected chi connectivity index (χ2v) is 1.37. The summed E-state index contributed by atoms with van der Waals surface area (Å²) in [5.74, 6) is 0. The van der Waals surface area contributed by atoms with E-state index in [0.29, 0.717) is 0 Å². The number of halogens is 3. The Balaban J connectivity index is -0.0000000300. The Morgan fingerprint density at radius 1 is 0.909 bits per heavy atom. The van der Waals surface area contributed by atoms with Crippen LogP contribution in [-0.4, -0.2) is 6.18 Å². The Hall–Kier alpha value is -0.210. The zero-order chi connectivity index (χ0) is 5.91. The van der Waals surface area contributed by atoms with Crippen molar-refractivity contribution >= 4 is 0 Å². The molecule has 0 radical (unpaired) electrons. The lowest BCUT2D eigenvalue weighted by molar-refractivity contribution is -0.134. The maximum Gasteiger partial charge on any atom is 0.389 e. The van der Waals surface area contributed by atoms with E-state index in [1.807, 2.05) is 0 Å². The third kappa shape index (κ3) is 41.4. The molecule has 0 heterocycles.